The van der Waals surface area contributed by atoms with Gasteiger partial charge in [0, 0.05) is 43.8 Å². The molecule has 4 nitrogen and oxygen atoms in total. The van der Waals surface area contributed by atoms with Crippen molar-refractivity contribution >= 4 is 0 Å². The topological polar surface area (TPSA) is 31.6 Å². The van der Waals surface area contributed by atoms with E-state index in [0.717, 1.165) is 38.5 Å². The molecule has 1 saturated heterocycles. The number of likely N-dealkylation sites (N-methyl/N-ethyl adjacent to an activating group) is 1. The van der Waals surface area contributed by atoms with E-state index in [-0.39, 0.29) is 5.54 Å². The van der Waals surface area contributed by atoms with Crippen molar-refractivity contribution in [2.75, 3.05) is 32.7 Å². The van der Waals surface area contributed by atoms with E-state index in [2.05, 4.69) is 48.9 Å². The average molecular weight is 279 g/mol. The molecule has 0 atom stereocenters. The fourth-order valence-electron chi connectivity index (χ4n) is 2.49. The highest BCUT2D eigenvalue weighted by atomic mass is 16.3. The maximum Gasteiger partial charge on any atom is 0.122 e. The van der Waals surface area contributed by atoms with Crippen molar-refractivity contribution < 1.29 is 4.42 Å². The summed E-state index contributed by atoms with van der Waals surface area (Å²) in [6.45, 7) is 16.4. The molecular weight excluding hydrogens is 250 g/mol. The van der Waals surface area contributed by atoms with Crippen LogP contribution in [0.5, 0.6) is 0 Å². The Bertz CT molecular complexity index is 400. The first-order valence-corrected chi connectivity index (χ1v) is 7.73. The number of rotatable bonds is 5. The van der Waals surface area contributed by atoms with Crippen molar-refractivity contribution in [1.82, 2.24) is 15.1 Å². The fraction of sp³-hybridized carbons (Fsp3) is 0.750. The van der Waals surface area contributed by atoms with Gasteiger partial charge in [0.15, 0.2) is 0 Å². The van der Waals surface area contributed by atoms with Gasteiger partial charge in [0.05, 0.1) is 12.8 Å². The van der Waals surface area contributed by atoms with Crippen LogP contribution in [0.1, 0.15) is 39.0 Å². The molecule has 1 aromatic rings. The molecule has 1 N–H and O–H groups in total. The van der Waals surface area contributed by atoms with Gasteiger partial charge in [-0.3, -0.25) is 4.90 Å². The fourth-order valence-corrected chi connectivity index (χ4v) is 2.49. The lowest BCUT2D eigenvalue weighted by Gasteiger charge is -2.33. The van der Waals surface area contributed by atoms with Crippen LogP contribution in [0, 0.1) is 0 Å². The van der Waals surface area contributed by atoms with Gasteiger partial charge in [-0.1, -0.05) is 6.92 Å². The Morgan fingerprint density at radius 1 is 1.15 bits per heavy atom. The molecule has 0 amide bonds. The van der Waals surface area contributed by atoms with Crippen molar-refractivity contribution in [3.05, 3.63) is 23.7 Å². The SMILES string of the molecule is CCN1CCN(Cc2occc2CNC(C)(C)C)CC1. The lowest BCUT2D eigenvalue weighted by molar-refractivity contribution is 0.125. The van der Waals surface area contributed by atoms with Gasteiger partial charge in [0.1, 0.15) is 5.76 Å². The molecule has 20 heavy (non-hydrogen) atoms. The Balaban J connectivity index is 1.86. The Kier molecular flexibility index (Phi) is 5.24. The summed E-state index contributed by atoms with van der Waals surface area (Å²) in [6, 6.07) is 2.09. The van der Waals surface area contributed by atoms with Crippen LogP contribution in [0.25, 0.3) is 0 Å². The first-order chi connectivity index (χ1) is 9.48. The van der Waals surface area contributed by atoms with Gasteiger partial charge < -0.3 is 14.6 Å². The summed E-state index contributed by atoms with van der Waals surface area (Å²) in [5.41, 5.74) is 1.43. The van der Waals surface area contributed by atoms with Gasteiger partial charge in [-0.15, -0.1) is 0 Å². The molecule has 0 spiro atoms. The standard InChI is InChI=1S/C16H29N3O/c1-5-18-7-9-19(10-8-18)13-15-14(6-11-20-15)12-17-16(2,3)4/h6,11,17H,5,7-10,12-13H2,1-4H3. The minimum absolute atomic E-state index is 0.140. The summed E-state index contributed by atoms with van der Waals surface area (Å²) in [5.74, 6) is 1.12. The molecule has 2 rings (SSSR count). The van der Waals surface area contributed by atoms with Gasteiger partial charge in [0.2, 0.25) is 0 Å². The monoisotopic (exact) mass is 279 g/mol. The van der Waals surface area contributed by atoms with Crippen molar-refractivity contribution in [1.29, 1.82) is 0 Å². The highest BCUT2D eigenvalue weighted by molar-refractivity contribution is 5.17. The Morgan fingerprint density at radius 2 is 1.80 bits per heavy atom. The molecule has 1 aliphatic heterocycles. The molecule has 0 aliphatic carbocycles. The molecule has 0 radical (unpaired) electrons. The van der Waals surface area contributed by atoms with Crippen molar-refractivity contribution in [2.24, 2.45) is 0 Å². The van der Waals surface area contributed by atoms with E-state index >= 15 is 0 Å². The maximum absolute atomic E-state index is 5.69. The zero-order chi connectivity index (χ0) is 14.6. The minimum atomic E-state index is 0.140. The van der Waals surface area contributed by atoms with Crippen LogP contribution in [0.4, 0.5) is 0 Å². The number of hydrogen-bond donors (Lipinski definition) is 1. The molecule has 2 heterocycles. The second kappa shape index (κ2) is 6.74. The average Bonchev–Trinajstić information content (AvgIpc) is 2.84. The van der Waals surface area contributed by atoms with Gasteiger partial charge >= 0.3 is 0 Å². The summed E-state index contributed by atoms with van der Waals surface area (Å²) in [7, 11) is 0. The molecule has 1 aliphatic rings. The summed E-state index contributed by atoms with van der Waals surface area (Å²) >= 11 is 0. The van der Waals surface area contributed by atoms with Gasteiger partial charge in [-0.05, 0) is 33.4 Å². The van der Waals surface area contributed by atoms with E-state index in [0.29, 0.717) is 0 Å². The quantitative estimate of drug-likeness (QED) is 0.896. The van der Waals surface area contributed by atoms with Gasteiger partial charge in [-0.2, -0.15) is 0 Å². The minimum Gasteiger partial charge on any atom is -0.468 e. The summed E-state index contributed by atoms with van der Waals surface area (Å²) in [5, 5.41) is 3.53. The zero-order valence-corrected chi connectivity index (χ0v) is 13.4. The number of hydrogen-bond acceptors (Lipinski definition) is 4. The molecule has 0 bridgehead atoms. The van der Waals surface area contributed by atoms with Crippen LogP contribution in [-0.4, -0.2) is 48.1 Å². The van der Waals surface area contributed by atoms with Gasteiger partial charge in [-0.25, -0.2) is 0 Å². The highest BCUT2D eigenvalue weighted by Crippen LogP contribution is 2.16. The van der Waals surface area contributed by atoms with Crippen LogP contribution in [0.15, 0.2) is 16.7 Å². The van der Waals surface area contributed by atoms with Crippen molar-refractivity contribution in [3.8, 4) is 0 Å². The largest absolute Gasteiger partial charge is 0.468 e. The van der Waals surface area contributed by atoms with Crippen molar-refractivity contribution in [2.45, 2.75) is 46.3 Å². The molecule has 1 aromatic heterocycles. The molecule has 1 fully saturated rings. The molecular formula is C16H29N3O. The van der Waals surface area contributed by atoms with Gasteiger partial charge in [0.25, 0.3) is 0 Å². The third-order valence-electron chi connectivity index (χ3n) is 3.93. The molecule has 114 valence electrons. The smallest absolute Gasteiger partial charge is 0.122 e. The van der Waals surface area contributed by atoms with Crippen LogP contribution in [0.3, 0.4) is 0 Å². The number of piperazine rings is 1. The van der Waals surface area contributed by atoms with E-state index in [4.69, 9.17) is 4.42 Å². The summed E-state index contributed by atoms with van der Waals surface area (Å²) in [4.78, 5) is 4.99. The Labute approximate surface area is 123 Å². The van der Waals surface area contributed by atoms with E-state index in [9.17, 15) is 0 Å². The number of furan rings is 1. The first-order valence-electron chi connectivity index (χ1n) is 7.73. The third kappa shape index (κ3) is 4.62. The molecule has 0 saturated carbocycles. The molecule has 0 unspecified atom stereocenters. The first kappa shape index (κ1) is 15.5. The van der Waals surface area contributed by atoms with Crippen LogP contribution < -0.4 is 5.32 Å². The lowest BCUT2D eigenvalue weighted by Crippen LogP contribution is -2.45. The Hall–Kier alpha value is -0.840. The Morgan fingerprint density at radius 3 is 2.40 bits per heavy atom. The van der Waals surface area contributed by atoms with E-state index in [1.165, 1.54) is 18.7 Å². The zero-order valence-electron chi connectivity index (χ0n) is 13.4. The summed E-state index contributed by atoms with van der Waals surface area (Å²) < 4.78 is 5.69. The highest BCUT2D eigenvalue weighted by Gasteiger charge is 2.18. The van der Waals surface area contributed by atoms with Crippen molar-refractivity contribution in [3.63, 3.8) is 0 Å². The predicted octanol–water partition coefficient (Wildman–Crippen LogP) is 2.31. The normalized spacial score (nSPS) is 18.6. The van der Waals surface area contributed by atoms with E-state index < -0.39 is 0 Å². The predicted molar refractivity (Wildman–Crippen MR) is 82.7 cm³/mol. The second-order valence-corrected chi connectivity index (χ2v) is 6.68. The van der Waals surface area contributed by atoms with Crippen LogP contribution >= 0.6 is 0 Å². The second-order valence-electron chi connectivity index (χ2n) is 6.68. The third-order valence-corrected chi connectivity index (χ3v) is 3.93. The number of nitrogens with zero attached hydrogens (tertiary/aromatic N) is 2. The molecule has 4 heteroatoms. The number of nitrogens with one attached hydrogen (secondary N) is 1. The van der Waals surface area contributed by atoms with E-state index in [1.54, 1.807) is 0 Å². The lowest BCUT2D eigenvalue weighted by atomic mass is 10.1. The summed E-state index contributed by atoms with van der Waals surface area (Å²) in [6.07, 6.45) is 1.82. The molecule has 0 aromatic carbocycles. The van der Waals surface area contributed by atoms with E-state index in [1.807, 2.05) is 6.26 Å². The van der Waals surface area contributed by atoms with Crippen LogP contribution in [0.2, 0.25) is 0 Å². The van der Waals surface area contributed by atoms with Crippen LogP contribution in [-0.2, 0) is 13.1 Å². The maximum atomic E-state index is 5.69.